The van der Waals surface area contributed by atoms with Crippen LogP contribution in [0.1, 0.15) is 48.4 Å². The van der Waals surface area contributed by atoms with Crippen molar-refractivity contribution in [1.82, 2.24) is 19.8 Å². The lowest BCUT2D eigenvalue weighted by Crippen LogP contribution is -2.38. The molecule has 0 radical (unpaired) electrons. The Kier molecular flexibility index (Phi) is 5.39. The molecule has 0 spiro atoms. The third-order valence-electron chi connectivity index (χ3n) is 7.41. The molecular formula is C23H33N5OS. The van der Waals surface area contributed by atoms with E-state index < -0.39 is 0 Å². The molecule has 0 aromatic carbocycles. The molecule has 4 aliphatic rings. The molecule has 5 heterocycles. The summed E-state index contributed by atoms with van der Waals surface area (Å²) in [5.74, 6) is 2.25. The highest BCUT2D eigenvalue weighted by Gasteiger charge is 2.31. The van der Waals surface area contributed by atoms with E-state index in [-0.39, 0.29) is 0 Å². The van der Waals surface area contributed by atoms with Crippen LogP contribution in [0.25, 0.3) is 10.2 Å². The van der Waals surface area contributed by atoms with Crippen molar-refractivity contribution in [3.8, 4) is 0 Å². The average molecular weight is 428 g/mol. The fourth-order valence-electron chi connectivity index (χ4n) is 5.84. The lowest BCUT2D eigenvalue weighted by Gasteiger charge is -2.29. The second kappa shape index (κ2) is 8.34. The number of aromatic nitrogens is 2. The summed E-state index contributed by atoms with van der Waals surface area (Å²) in [5, 5.41) is 1.40. The summed E-state index contributed by atoms with van der Waals surface area (Å²) in [6.45, 7) is 9.26. The minimum Gasteiger partial charge on any atom is -0.379 e. The van der Waals surface area contributed by atoms with Crippen molar-refractivity contribution in [1.29, 1.82) is 0 Å². The number of rotatable bonds is 3. The molecule has 0 saturated carbocycles. The zero-order valence-electron chi connectivity index (χ0n) is 17.9. The fraction of sp³-hybridized carbons (Fsp3) is 0.739. The number of fused-ring (bicyclic) bond motifs is 4. The molecule has 1 atom stereocenters. The zero-order chi connectivity index (χ0) is 19.9. The SMILES string of the molecule is C1CCc2c(sc3nc(CN4CCOCC4)nc(N4CCCN5CCCC5C4)c23)C1. The van der Waals surface area contributed by atoms with Gasteiger partial charge in [-0.05, 0) is 57.1 Å². The van der Waals surface area contributed by atoms with Crippen molar-refractivity contribution < 1.29 is 4.74 Å². The summed E-state index contributed by atoms with van der Waals surface area (Å²) in [6, 6.07) is 0.703. The Morgan fingerprint density at radius 2 is 1.80 bits per heavy atom. The minimum absolute atomic E-state index is 0.703. The smallest absolute Gasteiger partial charge is 0.146 e. The number of hydrogen-bond acceptors (Lipinski definition) is 7. The van der Waals surface area contributed by atoms with Crippen molar-refractivity contribution in [2.24, 2.45) is 0 Å². The molecule has 1 unspecified atom stereocenters. The Morgan fingerprint density at radius 3 is 2.73 bits per heavy atom. The van der Waals surface area contributed by atoms with Crippen LogP contribution in [0, 0.1) is 0 Å². The van der Waals surface area contributed by atoms with Gasteiger partial charge in [0.25, 0.3) is 0 Å². The summed E-state index contributed by atoms with van der Waals surface area (Å²) in [6.07, 6.45) is 9.01. The maximum absolute atomic E-state index is 5.54. The molecule has 0 bridgehead atoms. The first kappa shape index (κ1) is 19.4. The van der Waals surface area contributed by atoms with E-state index in [4.69, 9.17) is 14.7 Å². The monoisotopic (exact) mass is 427 g/mol. The summed E-state index contributed by atoms with van der Waals surface area (Å²) in [5.41, 5.74) is 1.57. The lowest BCUT2D eigenvalue weighted by atomic mass is 9.97. The Balaban J connectivity index is 1.40. The van der Waals surface area contributed by atoms with Crippen LogP contribution in [-0.4, -0.2) is 78.3 Å². The molecular weight excluding hydrogens is 394 g/mol. The number of ether oxygens (including phenoxy) is 1. The van der Waals surface area contributed by atoms with Crippen LogP contribution in [0.3, 0.4) is 0 Å². The number of thiophene rings is 1. The molecule has 2 aromatic rings. The quantitative estimate of drug-likeness (QED) is 0.750. The van der Waals surface area contributed by atoms with Gasteiger partial charge in [0.15, 0.2) is 0 Å². The van der Waals surface area contributed by atoms with E-state index in [1.54, 1.807) is 10.4 Å². The van der Waals surface area contributed by atoms with Crippen LogP contribution in [0.5, 0.6) is 0 Å². The summed E-state index contributed by atoms with van der Waals surface area (Å²) in [4.78, 5) is 21.0. The molecule has 0 N–H and O–H groups in total. The van der Waals surface area contributed by atoms with Crippen molar-refractivity contribution >= 4 is 27.4 Å². The molecule has 6 nitrogen and oxygen atoms in total. The van der Waals surface area contributed by atoms with Crippen LogP contribution in [-0.2, 0) is 24.1 Å². The molecule has 0 amide bonds. The maximum atomic E-state index is 5.54. The third kappa shape index (κ3) is 3.64. The highest BCUT2D eigenvalue weighted by atomic mass is 32.1. The molecule has 6 rings (SSSR count). The average Bonchev–Trinajstić information content (AvgIpc) is 3.31. The van der Waals surface area contributed by atoms with Gasteiger partial charge >= 0.3 is 0 Å². The number of aryl methyl sites for hydroxylation is 2. The molecule has 1 aliphatic carbocycles. The molecule has 7 heteroatoms. The predicted molar refractivity (Wildman–Crippen MR) is 122 cm³/mol. The molecule has 3 aliphatic heterocycles. The van der Waals surface area contributed by atoms with E-state index in [0.29, 0.717) is 6.04 Å². The van der Waals surface area contributed by atoms with Gasteiger partial charge in [0.2, 0.25) is 0 Å². The number of morpholine rings is 1. The third-order valence-corrected chi connectivity index (χ3v) is 8.60. The van der Waals surface area contributed by atoms with E-state index in [0.717, 1.165) is 51.8 Å². The lowest BCUT2D eigenvalue weighted by molar-refractivity contribution is 0.0331. The Hall–Kier alpha value is -1.28. The van der Waals surface area contributed by atoms with Crippen LogP contribution in [0.15, 0.2) is 0 Å². The molecule has 3 saturated heterocycles. The summed E-state index contributed by atoms with van der Waals surface area (Å²) < 4.78 is 5.54. The van der Waals surface area contributed by atoms with Crippen LogP contribution in [0.2, 0.25) is 0 Å². The van der Waals surface area contributed by atoms with E-state index in [1.165, 1.54) is 74.1 Å². The maximum Gasteiger partial charge on any atom is 0.146 e. The Bertz CT molecular complexity index is 909. The first-order valence-corrected chi connectivity index (χ1v) is 12.8. The molecule has 30 heavy (non-hydrogen) atoms. The summed E-state index contributed by atoms with van der Waals surface area (Å²) in [7, 11) is 0. The molecule has 3 fully saturated rings. The van der Waals surface area contributed by atoms with E-state index >= 15 is 0 Å². The highest BCUT2D eigenvalue weighted by Crippen LogP contribution is 2.40. The standard InChI is InChI=1S/C23H33N5OS/c1-2-7-19-18(6-1)21-22(28-10-4-9-27-8-3-5-17(27)15-28)24-20(25-23(21)30-19)16-26-11-13-29-14-12-26/h17H,1-16H2. The number of hydrogen-bond donors (Lipinski definition) is 0. The second-order valence-electron chi connectivity index (χ2n) is 9.37. The minimum atomic E-state index is 0.703. The van der Waals surface area contributed by atoms with Crippen LogP contribution >= 0.6 is 11.3 Å². The van der Waals surface area contributed by atoms with Gasteiger partial charge in [-0.15, -0.1) is 11.3 Å². The van der Waals surface area contributed by atoms with Crippen LogP contribution < -0.4 is 4.90 Å². The predicted octanol–water partition coefficient (Wildman–Crippen LogP) is 3.08. The normalized spacial score (nSPS) is 26.0. The zero-order valence-corrected chi connectivity index (χ0v) is 18.8. The molecule has 162 valence electrons. The van der Waals surface area contributed by atoms with Crippen molar-refractivity contribution in [3.63, 3.8) is 0 Å². The first-order valence-electron chi connectivity index (χ1n) is 12.0. The summed E-state index contributed by atoms with van der Waals surface area (Å²) >= 11 is 1.95. The second-order valence-corrected chi connectivity index (χ2v) is 10.5. The van der Waals surface area contributed by atoms with E-state index in [2.05, 4.69) is 14.7 Å². The van der Waals surface area contributed by atoms with Gasteiger partial charge in [-0.3, -0.25) is 9.80 Å². The first-order chi connectivity index (χ1) is 14.8. The van der Waals surface area contributed by atoms with Gasteiger partial charge in [-0.25, -0.2) is 9.97 Å². The van der Waals surface area contributed by atoms with Gasteiger partial charge in [0.05, 0.1) is 25.1 Å². The fourth-order valence-corrected chi connectivity index (χ4v) is 7.11. The Labute approximate surface area is 183 Å². The largest absolute Gasteiger partial charge is 0.379 e. The van der Waals surface area contributed by atoms with Crippen molar-refractivity contribution in [2.75, 3.05) is 57.4 Å². The van der Waals surface area contributed by atoms with Crippen molar-refractivity contribution in [2.45, 2.75) is 57.5 Å². The number of anilines is 1. The van der Waals surface area contributed by atoms with E-state index in [9.17, 15) is 0 Å². The van der Waals surface area contributed by atoms with Gasteiger partial charge in [0.1, 0.15) is 16.5 Å². The molecule has 2 aromatic heterocycles. The van der Waals surface area contributed by atoms with Gasteiger partial charge in [-0.1, -0.05) is 0 Å². The Morgan fingerprint density at radius 1 is 0.933 bits per heavy atom. The topological polar surface area (TPSA) is 44.7 Å². The van der Waals surface area contributed by atoms with E-state index in [1.807, 2.05) is 11.3 Å². The van der Waals surface area contributed by atoms with Gasteiger partial charge < -0.3 is 9.64 Å². The highest BCUT2D eigenvalue weighted by molar-refractivity contribution is 7.19. The van der Waals surface area contributed by atoms with Gasteiger partial charge in [0, 0.05) is 43.6 Å². The number of nitrogens with zero attached hydrogens (tertiary/aromatic N) is 5. The van der Waals surface area contributed by atoms with Gasteiger partial charge in [-0.2, -0.15) is 0 Å². The van der Waals surface area contributed by atoms with Crippen LogP contribution in [0.4, 0.5) is 5.82 Å². The van der Waals surface area contributed by atoms with Crippen molar-refractivity contribution in [3.05, 3.63) is 16.3 Å².